The van der Waals surface area contributed by atoms with Gasteiger partial charge in [-0.05, 0) is 67.6 Å². The van der Waals surface area contributed by atoms with E-state index >= 15 is 0 Å². The number of thiophene rings is 1. The number of sulfonamides is 1. The summed E-state index contributed by atoms with van der Waals surface area (Å²) < 4.78 is 34.0. The summed E-state index contributed by atoms with van der Waals surface area (Å²) in [5.41, 5.74) is 12.2. The van der Waals surface area contributed by atoms with E-state index in [1.54, 1.807) is 18.2 Å². The van der Waals surface area contributed by atoms with Crippen molar-refractivity contribution in [1.29, 1.82) is 0 Å². The van der Waals surface area contributed by atoms with Gasteiger partial charge >= 0.3 is 5.97 Å². The second-order valence-corrected chi connectivity index (χ2v) is 11.5. The summed E-state index contributed by atoms with van der Waals surface area (Å²) in [7, 11) is -2.71. The molecule has 0 saturated heterocycles. The first kappa shape index (κ1) is 31.5. The van der Waals surface area contributed by atoms with Crippen molar-refractivity contribution in [3.05, 3.63) is 69.9 Å². The number of hydrogen-bond donors (Lipinski definition) is 7. The fourth-order valence-electron chi connectivity index (χ4n) is 3.73. The number of rotatable bonds is 14. The first-order valence-electron chi connectivity index (χ1n) is 12.4. The Hall–Kier alpha value is -4.02. The van der Waals surface area contributed by atoms with Crippen molar-refractivity contribution in [2.45, 2.75) is 37.0 Å². The molecule has 2 aromatic carbocycles. The molecule has 0 radical (unpaired) electrons. The van der Waals surface area contributed by atoms with Gasteiger partial charge in [0.15, 0.2) is 0 Å². The smallest absolute Gasteiger partial charge is 0.326 e. The van der Waals surface area contributed by atoms with Crippen molar-refractivity contribution in [3.63, 3.8) is 0 Å². The number of carboxylic acids is 1. The van der Waals surface area contributed by atoms with Crippen LogP contribution in [0.5, 0.6) is 5.75 Å². The van der Waals surface area contributed by atoms with E-state index in [2.05, 4.69) is 20.7 Å². The van der Waals surface area contributed by atoms with Crippen molar-refractivity contribution < 1.29 is 32.6 Å². The average molecular weight is 605 g/mol. The molecule has 2 amide bonds. The Morgan fingerprint density at radius 1 is 1.07 bits per heavy atom. The molecular formula is C26H32N6O7S2. The second-order valence-electron chi connectivity index (χ2n) is 8.92. The zero-order chi connectivity index (χ0) is 30.2. The molecule has 41 heavy (non-hydrogen) atoms. The summed E-state index contributed by atoms with van der Waals surface area (Å²) in [4.78, 5) is 37.1. The molecule has 220 valence electrons. The van der Waals surface area contributed by atoms with E-state index < -0.39 is 40.1 Å². The highest BCUT2D eigenvalue weighted by Gasteiger charge is 2.25. The Morgan fingerprint density at radius 3 is 2.51 bits per heavy atom. The Labute approximate surface area is 241 Å². The van der Waals surface area contributed by atoms with E-state index in [4.69, 9.17) is 16.2 Å². The van der Waals surface area contributed by atoms with Crippen molar-refractivity contribution in [3.8, 4) is 5.75 Å². The van der Waals surface area contributed by atoms with Gasteiger partial charge in [-0.15, -0.1) is 11.3 Å². The van der Waals surface area contributed by atoms with E-state index in [0.29, 0.717) is 24.4 Å². The van der Waals surface area contributed by atoms with Crippen LogP contribution in [0.15, 0.2) is 58.8 Å². The number of carbonyl (C=O) groups is 3. The van der Waals surface area contributed by atoms with Crippen LogP contribution in [0.25, 0.3) is 0 Å². The lowest BCUT2D eigenvalue weighted by molar-refractivity contribution is -0.139. The number of benzene rings is 2. The minimum Gasteiger partial charge on any atom is -0.496 e. The number of nitrogens with one attached hydrogen (secondary N) is 4. The van der Waals surface area contributed by atoms with E-state index in [1.165, 1.54) is 42.8 Å². The molecule has 9 N–H and O–H groups in total. The zero-order valence-corrected chi connectivity index (χ0v) is 24.0. The lowest BCUT2D eigenvalue weighted by Crippen LogP contribution is -2.46. The molecule has 0 aliphatic rings. The summed E-state index contributed by atoms with van der Waals surface area (Å²) in [6.45, 7) is 2.20. The minimum absolute atomic E-state index is 0.0239. The second kappa shape index (κ2) is 14.0. The number of carbonyl (C=O) groups excluding carboxylic acids is 2. The van der Waals surface area contributed by atoms with Gasteiger partial charge < -0.3 is 31.9 Å². The lowest BCUT2D eigenvalue weighted by Gasteiger charge is -2.16. The summed E-state index contributed by atoms with van der Waals surface area (Å²) in [5, 5.41) is 18.9. The third-order valence-electron chi connectivity index (χ3n) is 5.84. The van der Waals surface area contributed by atoms with Crippen LogP contribution in [0.3, 0.4) is 0 Å². The van der Waals surface area contributed by atoms with Crippen LogP contribution < -0.4 is 36.9 Å². The molecule has 1 heterocycles. The molecule has 0 saturated carbocycles. The first-order valence-corrected chi connectivity index (χ1v) is 14.7. The number of aliphatic carboxylic acids is 1. The van der Waals surface area contributed by atoms with Crippen LogP contribution in [-0.2, 0) is 14.8 Å². The maximum Gasteiger partial charge on any atom is 0.326 e. The Balaban J connectivity index is 1.72. The van der Waals surface area contributed by atoms with Gasteiger partial charge in [-0.1, -0.05) is 12.1 Å². The minimum atomic E-state index is -4.23. The monoisotopic (exact) mass is 604 g/mol. The largest absolute Gasteiger partial charge is 0.496 e. The quantitative estimate of drug-likeness (QED) is 0.105. The predicted molar refractivity (Wildman–Crippen MR) is 156 cm³/mol. The third-order valence-corrected chi connectivity index (χ3v) is 8.12. The van der Waals surface area contributed by atoms with Gasteiger partial charge in [-0.25, -0.2) is 13.2 Å². The van der Waals surface area contributed by atoms with E-state index in [-0.39, 0.29) is 27.4 Å². The summed E-state index contributed by atoms with van der Waals surface area (Å²) in [6.07, 6.45) is -0.285. The standard InChI is InChI=1S/C26H32N6O7S2/c1-15-8-9-17(14-21(15)39-2)30-23(33)16-5-3-6-18(13-16)41(37,38)32-19-10-12-40-22(19)24(34)31-20(25(35)36)7-4-11-29-26(27)28/h3,5-6,8-10,12-14,20,26,29,32H,4,7,11,27-28H2,1-2H3,(H,30,33)(H,31,34)(H,35,36)/t20-/m0/s1. The fourth-order valence-corrected chi connectivity index (χ4v) is 5.66. The number of nitrogens with two attached hydrogens (primary N) is 2. The molecule has 3 aromatic rings. The van der Waals surface area contributed by atoms with E-state index in [0.717, 1.165) is 16.9 Å². The number of methoxy groups -OCH3 is 1. The van der Waals surface area contributed by atoms with E-state index in [1.807, 2.05) is 6.92 Å². The summed E-state index contributed by atoms with van der Waals surface area (Å²) in [6, 6.07) is 10.7. The van der Waals surface area contributed by atoms with Crippen molar-refractivity contribution >= 4 is 50.5 Å². The van der Waals surface area contributed by atoms with Crippen LogP contribution in [0.1, 0.15) is 38.4 Å². The highest BCUT2D eigenvalue weighted by atomic mass is 32.2. The molecule has 1 aromatic heterocycles. The molecule has 3 rings (SSSR count). The summed E-state index contributed by atoms with van der Waals surface area (Å²) >= 11 is 0.941. The lowest BCUT2D eigenvalue weighted by atomic mass is 10.1. The van der Waals surface area contributed by atoms with Gasteiger partial charge in [0.25, 0.3) is 21.8 Å². The Morgan fingerprint density at radius 2 is 1.83 bits per heavy atom. The number of carboxylic acid groups (broad SMARTS) is 1. The molecule has 13 nitrogen and oxygen atoms in total. The molecule has 0 bridgehead atoms. The van der Waals surface area contributed by atoms with Crippen LogP contribution >= 0.6 is 11.3 Å². The average Bonchev–Trinajstić information content (AvgIpc) is 3.38. The van der Waals surface area contributed by atoms with Gasteiger partial charge in [0, 0.05) is 17.3 Å². The van der Waals surface area contributed by atoms with Gasteiger partial charge in [-0.2, -0.15) is 0 Å². The molecular weight excluding hydrogens is 572 g/mol. The van der Waals surface area contributed by atoms with Crippen LogP contribution in [0, 0.1) is 6.92 Å². The Bertz CT molecular complexity index is 1510. The summed E-state index contributed by atoms with van der Waals surface area (Å²) in [5.74, 6) is -1.95. The zero-order valence-electron chi connectivity index (χ0n) is 22.3. The van der Waals surface area contributed by atoms with Crippen molar-refractivity contribution in [2.24, 2.45) is 11.5 Å². The highest BCUT2D eigenvalue weighted by molar-refractivity contribution is 7.92. The van der Waals surface area contributed by atoms with Crippen LogP contribution in [0.2, 0.25) is 0 Å². The van der Waals surface area contributed by atoms with Gasteiger partial charge in [-0.3, -0.25) is 19.6 Å². The van der Waals surface area contributed by atoms with Gasteiger partial charge in [0.2, 0.25) is 0 Å². The van der Waals surface area contributed by atoms with E-state index in [9.17, 15) is 27.9 Å². The molecule has 0 aliphatic heterocycles. The maximum atomic E-state index is 13.2. The molecule has 0 spiro atoms. The molecule has 0 fully saturated rings. The molecule has 15 heteroatoms. The fraction of sp³-hybridized carbons (Fsp3) is 0.269. The van der Waals surface area contributed by atoms with Crippen molar-refractivity contribution in [1.82, 2.24) is 10.6 Å². The predicted octanol–water partition coefficient (Wildman–Crippen LogP) is 1.87. The number of hydrogen-bond acceptors (Lipinski definition) is 10. The Kier molecular flexibility index (Phi) is 10.8. The molecule has 0 aliphatic carbocycles. The SMILES string of the molecule is COc1cc(NC(=O)c2cccc(S(=O)(=O)Nc3ccsc3C(=O)N[C@@H](CCCNC(N)N)C(=O)O)c2)ccc1C. The maximum absolute atomic E-state index is 13.2. The number of ether oxygens (including phenoxy) is 1. The number of amides is 2. The highest BCUT2D eigenvalue weighted by Crippen LogP contribution is 2.27. The molecule has 0 unspecified atom stereocenters. The van der Waals surface area contributed by atoms with Crippen LogP contribution in [0.4, 0.5) is 11.4 Å². The molecule has 1 atom stereocenters. The first-order chi connectivity index (χ1) is 19.4. The topological polar surface area (TPSA) is 215 Å². The normalized spacial score (nSPS) is 12.0. The van der Waals surface area contributed by atoms with Gasteiger partial charge in [0.05, 0.1) is 17.7 Å². The number of aryl methyl sites for hydroxylation is 1. The van der Waals surface area contributed by atoms with Crippen LogP contribution in [-0.4, -0.2) is 57.3 Å². The third kappa shape index (κ3) is 8.73. The van der Waals surface area contributed by atoms with Gasteiger partial charge in [0.1, 0.15) is 23.0 Å². The van der Waals surface area contributed by atoms with Crippen molar-refractivity contribution in [2.75, 3.05) is 23.7 Å². The number of anilines is 2.